The molecule has 11 heavy (non-hydrogen) atoms. The number of nitrogens with zero attached hydrogens (tertiary/aromatic N) is 1. The first-order chi connectivity index (χ1) is 5.16. The van der Waals surface area contributed by atoms with E-state index >= 15 is 0 Å². The molecule has 0 saturated heterocycles. The molecule has 1 atom stereocenters. The Kier molecular flexibility index (Phi) is 6.73. The van der Waals surface area contributed by atoms with E-state index in [0.29, 0.717) is 0 Å². The second-order valence-electron chi connectivity index (χ2n) is 3.43. The van der Waals surface area contributed by atoms with Crippen molar-refractivity contribution in [3.8, 4) is 0 Å². The van der Waals surface area contributed by atoms with Crippen molar-refractivity contribution in [2.24, 2.45) is 16.8 Å². The predicted octanol–water partition coefficient (Wildman–Crippen LogP) is 3.06. The molecule has 0 aromatic heterocycles. The molecule has 0 radical (unpaired) electrons. The van der Waals surface area contributed by atoms with Gasteiger partial charge in [-0.25, -0.2) is 0 Å². The van der Waals surface area contributed by atoms with Crippen LogP contribution in [0.1, 0.15) is 27.2 Å². The molecule has 0 rings (SSSR count). The van der Waals surface area contributed by atoms with Crippen LogP contribution in [0.4, 0.5) is 0 Å². The average Bonchev–Trinajstić information content (AvgIpc) is 1.86. The predicted molar refractivity (Wildman–Crippen MR) is 55.5 cm³/mol. The SMILES string of the molecule is C/N=C\SCC(C)CC(C)C. The van der Waals surface area contributed by atoms with Gasteiger partial charge in [0.2, 0.25) is 0 Å². The zero-order valence-electron chi connectivity index (χ0n) is 8.00. The van der Waals surface area contributed by atoms with Crippen molar-refractivity contribution >= 4 is 17.3 Å². The van der Waals surface area contributed by atoms with Gasteiger partial charge in [0.1, 0.15) is 0 Å². The van der Waals surface area contributed by atoms with Gasteiger partial charge >= 0.3 is 0 Å². The molecular formula is C9H19NS. The van der Waals surface area contributed by atoms with Crippen LogP contribution in [0.2, 0.25) is 0 Å². The number of thioether (sulfide) groups is 1. The van der Waals surface area contributed by atoms with Gasteiger partial charge in [-0.1, -0.05) is 20.8 Å². The fraction of sp³-hybridized carbons (Fsp3) is 0.889. The Labute approximate surface area is 74.7 Å². The van der Waals surface area contributed by atoms with Crippen LogP contribution in [0, 0.1) is 11.8 Å². The van der Waals surface area contributed by atoms with E-state index in [1.165, 1.54) is 12.2 Å². The molecule has 0 fully saturated rings. The van der Waals surface area contributed by atoms with Gasteiger partial charge in [0, 0.05) is 12.8 Å². The second-order valence-corrected chi connectivity index (χ2v) is 4.31. The molecule has 0 spiro atoms. The van der Waals surface area contributed by atoms with Crippen LogP contribution in [0.25, 0.3) is 0 Å². The fourth-order valence-electron chi connectivity index (χ4n) is 1.15. The summed E-state index contributed by atoms with van der Waals surface area (Å²) >= 11 is 1.81. The van der Waals surface area contributed by atoms with Gasteiger partial charge in [0.05, 0.1) is 5.55 Å². The number of hydrogen-bond donors (Lipinski definition) is 0. The molecular weight excluding hydrogens is 154 g/mol. The van der Waals surface area contributed by atoms with Crippen molar-refractivity contribution in [1.29, 1.82) is 0 Å². The summed E-state index contributed by atoms with van der Waals surface area (Å²) in [5, 5.41) is 0. The lowest BCUT2D eigenvalue weighted by Crippen LogP contribution is -2.02. The molecule has 0 N–H and O–H groups in total. The summed E-state index contributed by atoms with van der Waals surface area (Å²) in [6, 6.07) is 0. The van der Waals surface area contributed by atoms with E-state index in [0.717, 1.165) is 11.8 Å². The summed E-state index contributed by atoms with van der Waals surface area (Å²) < 4.78 is 0. The Morgan fingerprint density at radius 3 is 2.45 bits per heavy atom. The Bertz CT molecular complexity index is 110. The van der Waals surface area contributed by atoms with E-state index in [4.69, 9.17) is 0 Å². The van der Waals surface area contributed by atoms with Crippen LogP contribution in [-0.4, -0.2) is 18.3 Å². The lowest BCUT2D eigenvalue weighted by molar-refractivity contribution is 0.475. The first-order valence-electron chi connectivity index (χ1n) is 4.19. The molecule has 0 bridgehead atoms. The Morgan fingerprint density at radius 1 is 1.36 bits per heavy atom. The van der Waals surface area contributed by atoms with Crippen molar-refractivity contribution in [2.75, 3.05) is 12.8 Å². The molecule has 2 heteroatoms. The maximum absolute atomic E-state index is 3.92. The molecule has 66 valence electrons. The lowest BCUT2D eigenvalue weighted by atomic mass is 10.0. The van der Waals surface area contributed by atoms with Crippen molar-refractivity contribution in [1.82, 2.24) is 0 Å². The highest BCUT2D eigenvalue weighted by atomic mass is 32.2. The van der Waals surface area contributed by atoms with E-state index in [1.54, 1.807) is 0 Å². The third kappa shape index (κ3) is 7.92. The van der Waals surface area contributed by atoms with Crippen LogP contribution in [0.15, 0.2) is 4.99 Å². The summed E-state index contributed by atoms with van der Waals surface area (Å²) in [5.41, 5.74) is 1.93. The van der Waals surface area contributed by atoms with E-state index < -0.39 is 0 Å². The van der Waals surface area contributed by atoms with Gasteiger partial charge in [-0.3, -0.25) is 4.99 Å². The van der Waals surface area contributed by atoms with Gasteiger partial charge in [-0.15, -0.1) is 11.8 Å². The molecule has 1 unspecified atom stereocenters. The maximum Gasteiger partial charge on any atom is 0.0537 e. The van der Waals surface area contributed by atoms with Crippen molar-refractivity contribution in [2.45, 2.75) is 27.2 Å². The Hall–Kier alpha value is 0.0200. The van der Waals surface area contributed by atoms with Crippen molar-refractivity contribution in [3.05, 3.63) is 0 Å². The molecule has 0 aliphatic rings. The van der Waals surface area contributed by atoms with Crippen molar-refractivity contribution < 1.29 is 0 Å². The van der Waals surface area contributed by atoms with Crippen molar-refractivity contribution in [3.63, 3.8) is 0 Å². The monoisotopic (exact) mass is 173 g/mol. The molecule has 0 saturated carbocycles. The largest absolute Gasteiger partial charge is 0.290 e. The van der Waals surface area contributed by atoms with Gasteiger partial charge in [0.25, 0.3) is 0 Å². The summed E-state index contributed by atoms with van der Waals surface area (Å²) in [7, 11) is 1.82. The highest BCUT2D eigenvalue weighted by Crippen LogP contribution is 2.14. The minimum absolute atomic E-state index is 0.818. The molecule has 0 aromatic carbocycles. The first-order valence-corrected chi connectivity index (χ1v) is 5.24. The van der Waals surface area contributed by atoms with E-state index in [2.05, 4.69) is 25.8 Å². The summed E-state index contributed by atoms with van der Waals surface area (Å²) in [6.45, 7) is 6.85. The average molecular weight is 173 g/mol. The smallest absolute Gasteiger partial charge is 0.0537 e. The van der Waals surface area contributed by atoms with Gasteiger partial charge in [-0.2, -0.15) is 0 Å². The van der Waals surface area contributed by atoms with Gasteiger partial charge in [0.15, 0.2) is 0 Å². The zero-order chi connectivity index (χ0) is 8.69. The third-order valence-electron chi connectivity index (χ3n) is 1.43. The quantitative estimate of drug-likeness (QED) is 0.460. The fourth-order valence-corrected chi connectivity index (χ4v) is 1.85. The summed E-state index contributed by atoms with van der Waals surface area (Å²) in [5.74, 6) is 2.84. The number of hydrogen-bond acceptors (Lipinski definition) is 2. The molecule has 1 nitrogen and oxygen atoms in total. The molecule has 0 aliphatic heterocycles. The van der Waals surface area contributed by atoms with Crippen LogP contribution < -0.4 is 0 Å². The maximum atomic E-state index is 3.92. The molecule has 0 amide bonds. The molecule has 0 aromatic rings. The number of aliphatic imine (C=N–C) groups is 1. The van der Waals surface area contributed by atoms with Crippen LogP contribution in [0.5, 0.6) is 0 Å². The Morgan fingerprint density at radius 2 is 2.00 bits per heavy atom. The lowest BCUT2D eigenvalue weighted by Gasteiger charge is -2.11. The Balaban J connectivity index is 3.29. The normalized spacial score (nSPS) is 14.6. The first kappa shape index (κ1) is 11.0. The van der Waals surface area contributed by atoms with Gasteiger partial charge in [-0.05, 0) is 18.3 Å². The standard InChI is InChI=1S/C9H19NS/c1-8(2)5-9(3)6-11-7-10-4/h7-9H,5-6H2,1-4H3/b10-7-. The van der Waals surface area contributed by atoms with Crippen LogP contribution >= 0.6 is 11.8 Å². The number of rotatable bonds is 5. The van der Waals surface area contributed by atoms with E-state index in [-0.39, 0.29) is 0 Å². The minimum Gasteiger partial charge on any atom is -0.290 e. The minimum atomic E-state index is 0.818. The molecule has 0 heterocycles. The van der Waals surface area contributed by atoms with Gasteiger partial charge < -0.3 is 0 Å². The highest BCUT2D eigenvalue weighted by Gasteiger charge is 2.03. The topological polar surface area (TPSA) is 12.4 Å². The van der Waals surface area contributed by atoms with Crippen LogP contribution in [-0.2, 0) is 0 Å². The zero-order valence-corrected chi connectivity index (χ0v) is 8.82. The van der Waals surface area contributed by atoms with Crippen LogP contribution in [0.3, 0.4) is 0 Å². The highest BCUT2D eigenvalue weighted by molar-refractivity contribution is 8.12. The van der Waals surface area contributed by atoms with E-state index in [9.17, 15) is 0 Å². The van der Waals surface area contributed by atoms with E-state index in [1.807, 2.05) is 24.4 Å². The summed E-state index contributed by atoms with van der Waals surface area (Å²) in [6.07, 6.45) is 1.32. The third-order valence-corrected chi connectivity index (χ3v) is 2.56. The second kappa shape index (κ2) is 6.71. The summed E-state index contributed by atoms with van der Waals surface area (Å²) in [4.78, 5) is 3.92. The molecule has 0 aliphatic carbocycles.